The minimum absolute atomic E-state index is 0.186. The van der Waals surface area contributed by atoms with Crippen molar-refractivity contribution in [2.24, 2.45) is 5.92 Å². The summed E-state index contributed by atoms with van der Waals surface area (Å²) in [5.41, 5.74) is 1.84. The Kier molecular flexibility index (Phi) is 8.04. The average Bonchev–Trinajstić information content (AvgIpc) is 3.33. The Morgan fingerprint density at radius 3 is 2.54 bits per heavy atom. The molecule has 0 spiro atoms. The lowest BCUT2D eigenvalue weighted by molar-refractivity contribution is 0.0874. The number of benzene rings is 1. The van der Waals surface area contributed by atoms with Gasteiger partial charge < -0.3 is 29.7 Å². The molecular formula is C26H32Cl2N6O3. The monoisotopic (exact) mass is 546 g/mol. The Labute approximate surface area is 226 Å². The van der Waals surface area contributed by atoms with Gasteiger partial charge in [-0.25, -0.2) is 15.0 Å². The summed E-state index contributed by atoms with van der Waals surface area (Å²) >= 11 is 13.5. The third-order valence-corrected chi connectivity index (χ3v) is 7.69. The zero-order valence-corrected chi connectivity index (χ0v) is 22.8. The number of rotatable bonds is 8. The Morgan fingerprint density at radius 1 is 1.11 bits per heavy atom. The van der Waals surface area contributed by atoms with Crippen LogP contribution >= 0.6 is 23.2 Å². The van der Waals surface area contributed by atoms with Gasteiger partial charge in [0.2, 0.25) is 5.95 Å². The van der Waals surface area contributed by atoms with Crippen molar-refractivity contribution in [2.45, 2.75) is 25.3 Å². The standard InChI is InChI=1S/C26H32Cl2N6O3/c1-34-7-6-15(13-34)11-29-25-24-16(12-30-26(33-24)31-17-5-4-8-37-14-17)9-18(32-25)21-22(27)19(35-2)10-20(36-3)23(21)28/h9-10,12,15,17H,4-8,11,13-14H2,1-3H3,(H,29,32)(H,30,31,33). The lowest BCUT2D eigenvalue weighted by atomic mass is 10.1. The Bertz CT molecular complexity index is 1240. The molecule has 2 saturated heterocycles. The fourth-order valence-corrected chi connectivity index (χ4v) is 5.64. The van der Waals surface area contributed by atoms with Crippen LogP contribution in [0.25, 0.3) is 22.2 Å². The van der Waals surface area contributed by atoms with Gasteiger partial charge in [-0.1, -0.05) is 23.2 Å². The summed E-state index contributed by atoms with van der Waals surface area (Å²) in [5.74, 6) is 2.64. The molecule has 2 fully saturated rings. The van der Waals surface area contributed by atoms with Crippen LogP contribution in [0.2, 0.25) is 10.0 Å². The second-order valence-electron chi connectivity index (χ2n) is 9.63. The maximum atomic E-state index is 6.73. The molecule has 2 unspecified atom stereocenters. The second-order valence-corrected chi connectivity index (χ2v) is 10.4. The Hall–Kier alpha value is -2.59. The van der Waals surface area contributed by atoms with Gasteiger partial charge in [-0.05, 0) is 44.8 Å². The van der Waals surface area contributed by atoms with Crippen molar-refractivity contribution in [1.82, 2.24) is 19.9 Å². The van der Waals surface area contributed by atoms with E-state index in [9.17, 15) is 0 Å². The largest absolute Gasteiger partial charge is 0.495 e. The van der Waals surface area contributed by atoms with E-state index in [-0.39, 0.29) is 6.04 Å². The van der Waals surface area contributed by atoms with Crippen LogP contribution in [0.4, 0.5) is 11.8 Å². The fraction of sp³-hybridized carbons (Fsp3) is 0.500. The average molecular weight is 547 g/mol. The van der Waals surface area contributed by atoms with Crippen molar-refractivity contribution in [1.29, 1.82) is 0 Å². The normalized spacial score (nSPS) is 20.2. The van der Waals surface area contributed by atoms with Gasteiger partial charge in [0.1, 0.15) is 17.0 Å². The van der Waals surface area contributed by atoms with Gasteiger partial charge in [0, 0.05) is 42.9 Å². The molecule has 0 radical (unpaired) electrons. The van der Waals surface area contributed by atoms with Crippen LogP contribution in [-0.2, 0) is 4.74 Å². The van der Waals surface area contributed by atoms with Gasteiger partial charge in [-0.15, -0.1) is 0 Å². The van der Waals surface area contributed by atoms with E-state index in [0.717, 1.165) is 56.4 Å². The van der Waals surface area contributed by atoms with E-state index in [1.54, 1.807) is 26.5 Å². The van der Waals surface area contributed by atoms with Crippen LogP contribution in [0.1, 0.15) is 19.3 Å². The van der Waals surface area contributed by atoms with Crippen molar-refractivity contribution in [3.8, 4) is 22.8 Å². The van der Waals surface area contributed by atoms with E-state index in [1.165, 1.54) is 0 Å². The maximum Gasteiger partial charge on any atom is 0.223 e. The molecule has 4 heterocycles. The summed E-state index contributed by atoms with van der Waals surface area (Å²) in [5, 5.41) is 8.51. The lowest BCUT2D eigenvalue weighted by Crippen LogP contribution is -2.30. The lowest BCUT2D eigenvalue weighted by Gasteiger charge is -2.23. The van der Waals surface area contributed by atoms with Gasteiger partial charge >= 0.3 is 0 Å². The number of pyridine rings is 1. The van der Waals surface area contributed by atoms with E-state index in [1.807, 2.05) is 6.07 Å². The topological polar surface area (TPSA) is 93.7 Å². The summed E-state index contributed by atoms with van der Waals surface area (Å²) < 4.78 is 16.5. The summed E-state index contributed by atoms with van der Waals surface area (Å²) in [6.45, 7) is 4.36. The highest BCUT2D eigenvalue weighted by molar-refractivity contribution is 6.41. The number of fused-ring (bicyclic) bond motifs is 1. The summed E-state index contributed by atoms with van der Waals surface area (Å²) in [6, 6.07) is 3.75. The predicted octanol–water partition coefficient (Wildman–Crippen LogP) is 4.97. The van der Waals surface area contributed by atoms with Crippen molar-refractivity contribution >= 4 is 45.9 Å². The first kappa shape index (κ1) is 26.0. The number of anilines is 2. The first-order valence-corrected chi connectivity index (χ1v) is 13.3. The van der Waals surface area contributed by atoms with E-state index in [0.29, 0.717) is 57.1 Å². The van der Waals surface area contributed by atoms with E-state index < -0.39 is 0 Å². The number of halogens is 2. The first-order valence-electron chi connectivity index (χ1n) is 12.5. The molecule has 0 saturated carbocycles. The van der Waals surface area contributed by atoms with Gasteiger partial charge in [0.25, 0.3) is 0 Å². The number of nitrogens with one attached hydrogen (secondary N) is 2. The highest BCUT2D eigenvalue weighted by Gasteiger charge is 2.24. The Morgan fingerprint density at radius 2 is 1.89 bits per heavy atom. The molecule has 2 aliphatic rings. The van der Waals surface area contributed by atoms with Gasteiger partial charge in [-0.2, -0.15) is 0 Å². The molecule has 2 aromatic heterocycles. The molecule has 11 heteroatoms. The molecule has 37 heavy (non-hydrogen) atoms. The van der Waals surface area contributed by atoms with Crippen LogP contribution < -0.4 is 20.1 Å². The van der Waals surface area contributed by atoms with E-state index in [2.05, 4.69) is 27.6 Å². The zero-order valence-electron chi connectivity index (χ0n) is 21.3. The minimum atomic E-state index is 0.186. The van der Waals surface area contributed by atoms with Crippen molar-refractivity contribution < 1.29 is 14.2 Å². The number of nitrogens with zero attached hydrogens (tertiary/aromatic N) is 4. The highest BCUT2D eigenvalue weighted by Crippen LogP contribution is 2.46. The third-order valence-electron chi connectivity index (χ3n) is 6.94. The molecule has 2 N–H and O–H groups in total. The molecular weight excluding hydrogens is 515 g/mol. The quantitative estimate of drug-likeness (QED) is 0.406. The Balaban J connectivity index is 1.57. The highest BCUT2D eigenvalue weighted by atomic mass is 35.5. The molecule has 0 amide bonds. The number of aromatic nitrogens is 3. The fourth-order valence-electron chi connectivity index (χ4n) is 4.94. The van der Waals surface area contributed by atoms with Crippen molar-refractivity contribution in [3.05, 3.63) is 28.4 Å². The summed E-state index contributed by atoms with van der Waals surface area (Å²) in [7, 11) is 5.25. The number of hydrogen-bond donors (Lipinski definition) is 2. The number of methoxy groups -OCH3 is 2. The molecule has 0 bridgehead atoms. The number of hydrogen-bond acceptors (Lipinski definition) is 9. The van der Waals surface area contributed by atoms with Crippen LogP contribution in [0.5, 0.6) is 11.5 Å². The van der Waals surface area contributed by atoms with Crippen molar-refractivity contribution in [3.63, 3.8) is 0 Å². The van der Waals surface area contributed by atoms with Gasteiger partial charge in [0.05, 0.1) is 42.6 Å². The molecule has 5 rings (SSSR count). The molecule has 0 aliphatic carbocycles. The molecule has 198 valence electrons. The van der Waals surface area contributed by atoms with Crippen LogP contribution in [0.15, 0.2) is 18.3 Å². The van der Waals surface area contributed by atoms with E-state index in [4.69, 9.17) is 47.4 Å². The molecule has 3 aromatic rings. The first-order chi connectivity index (χ1) is 18.0. The van der Waals surface area contributed by atoms with Crippen molar-refractivity contribution in [2.75, 3.05) is 64.7 Å². The summed E-state index contributed by atoms with van der Waals surface area (Å²) in [4.78, 5) is 16.7. The van der Waals surface area contributed by atoms with Crippen LogP contribution in [0, 0.1) is 5.92 Å². The summed E-state index contributed by atoms with van der Waals surface area (Å²) in [6.07, 6.45) is 4.97. The second kappa shape index (κ2) is 11.4. The third kappa shape index (κ3) is 5.65. The minimum Gasteiger partial charge on any atom is -0.495 e. The van der Waals surface area contributed by atoms with Gasteiger partial charge in [0.15, 0.2) is 5.82 Å². The smallest absolute Gasteiger partial charge is 0.223 e. The SMILES string of the molecule is COc1cc(OC)c(Cl)c(-c2cc3cnc(NC4CCCOC4)nc3c(NCC3CCN(C)C3)n2)c1Cl. The van der Waals surface area contributed by atoms with Crippen LogP contribution in [-0.4, -0.2) is 80.0 Å². The zero-order chi connectivity index (χ0) is 25.9. The predicted molar refractivity (Wildman–Crippen MR) is 147 cm³/mol. The van der Waals surface area contributed by atoms with Crippen LogP contribution in [0.3, 0.4) is 0 Å². The molecule has 2 aliphatic heterocycles. The number of likely N-dealkylation sites (tertiary alicyclic amines) is 1. The molecule has 1 aromatic carbocycles. The van der Waals surface area contributed by atoms with Gasteiger partial charge in [-0.3, -0.25) is 0 Å². The van der Waals surface area contributed by atoms with E-state index >= 15 is 0 Å². The number of ether oxygens (including phenoxy) is 3. The maximum absolute atomic E-state index is 6.73. The molecule has 2 atom stereocenters. The molecule has 9 nitrogen and oxygen atoms in total.